The van der Waals surface area contributed by atoms with Crippen molar-refractivity contribution in [1.82, 2.24) is 0 Å². The monoisotopic (exact) mass is 337 g/mol. The average molecular weight is 337 g/mol. The van der Waals surface area contributed by atoms with Crippen LogP contribution in [-0.2, 0) is 16.1 Å². The first-order chi connectivity index (χ1) is 10.7. The van der Waals surface area contributed by atoms with E-state index in [9.17, 15) is 9.59 Å². The highest BCUT2D eigenvalue weighted by atomic mass is 33.1. The number of carbonyl (C=O) groups excluding carboxylic acids is 2. The summed E-state index contributed by atoms with van der Waals surface area (Å²) in [6.07, 6.45) is 5.11. The number of anilines is 1. The molecule has 1 N–H and O–H groups in total. The lowest BCUT2D eigenvalue weighted by Gasteiger charge is -2.08. The summed E-state index contributed by atoms with van der Waals surface area (Å²) in [5.41, 5.74) is 2.19. The predicted octanol–water partition coefficient (Wildman–Crippen LogP) is 4.01. The molecule has 0 spiro atoms. The Bertz CT molecular complexity index is 571. The van der Waals surface area contributed by atoms with Gasteiger partial charge in [-0.1, -0.05) is 28.0 Å². The van der Waals surface area contributed by atoms with E-state index in [4.69, 9.17) is 4.74 Å². The van der Waals surface area contributed by atoms with Gasteiger partial charge in [0.2, 0.25) is 5.91 Å². The maximum absolute atomic E-state index is 12.0. The number of hydrogen-bond acceptors (Lipinski definition) is 5. The molecule has 2 heterocycles. The lowest BCUT2D eigenvalue weighted by molar-refractivity contribution is -0.116. The van der Waals surface area contributed by atoms with E-state index in [1.807, 2.05) is 27.7 Å². The number of esters is 1. The minimum absolute atomic E-state index is 0.0404. The number of rotatable bonds is 6. The lowest BCUT2D eigenvalue weighted by atomic mass is 10.1. The minimum atomic E-state index is -0.282. The molecule has 22 heavy (non-hydrogen) atoms. The van der Waals surface area contributed by atoms with Gasteiger partial charge in [0.05, 0.1) is 5.56 Å². The van der Waals surface area contributed by atoms with Crippen LogP contribution >= 0.6 is 21.6 Å². The molecule has 1 aromatic carbocycles. The van der Waals surface area contributed by atoms with Gasteiger partial charge in [-0.05, 0) is 37.5 Å². The Kier molecular flexibility index (Phi) is 5.31. The number of nitrogens with one attached hydrogen (secondary N) is 1. The summed E-state index contributed by atoms with van der Waals surface area (Å²) in [6.45, 7) is 0.301. The Morgan fingerprint density at radius 1 is 1.36 bits per heavy atom. The van der Waals surface area contributed by atoms with E-state index in [1.165, 1.54) is 18.6 Å². The first kappa shape index (κ1) is 15.7. The van der Waals surface area contributed by atoms with E-state index in [2.05, 4.69) is 5.32 Å². The molecule has 2 aliphatic heterocycles. The highest BCUT2D eigenvalue weighted by Gasteiger charge is 2.21. The second kappa shape index (κ2) is 7.42. The van der Waals surface area contributed by atoms with Crippen molar-refractivity contribution in [1.29, 1.82) is 0 Å². The van der Waals surface area contributed by atoms with Crippen LogP contribution in [0.5, 0.6) is 0 Å². The summed E-state index contributed by atoms with van der Waals surface area (Å²) in [5.74, 6) is 1.02. The number of hydrogen-bond donors (Lipinski definition) is 1. The molecule has 1 fully saturated rings. The van der Waals surface area contributed by atoms with Gasteiger partial charge in [0.15, 0.2) is 0 Å². The van der Waals surface area contributed by atoms with Crippen LogP contribution in [-0.4, -0.2) is 22.9 Å². The molecule has 0 saturated carbocycles. The van der Waals surface area contributed by atoms with Gasteiger partial charge in [-0.3, -0.25) is 4.79 Å². The number of unbranched alkanes of at least 4 members (excludes halogenated alkanes) is 1. The van der Waals surface area contributed by atoms with Crippen LogP contribution in [0.2, 0.25) is 0 Å². The SMILES string of the molecule is O=C(CCCC[C@@H]1CCSS1)Nc1ccc2c(c1)COC2=O. The smallest absolute Gasteiger partial charge is 0.338 e. The van der Waals surface area contributed by atoms with Crippen molar-refractivity contribution >= 4 is 39.2 Å². The third-order valence-corrected chi connectivity index (χ3v) is 6.88. The predicted molar refractivity (Wildman–Crippen MR) is 91.1 cm³/mol. The highest BCUT2D eigenvalue weighted by molar-refractivity contribution is 8.77. The minimum Gasteiger partial charge on any atom is -0.457 e. The van der Waals surface area contributed by atoms with Crippen molar-refractivity contribution in [2.24, 2.45) is 0 Å². The zero-order valence-electron chi connectivity index (χ0n) is 12.3. The molecule has 1 aromatic rings. The number of ether oxygens (including phenoxy) is 1. The van der Waals surface area contributed by atoms with E-state index in [1.54, 1.807) is 12.1 Å². The van der Waals surface area contributed by atoms with Gasteiger partial charge in [0, 0.05) is 28.7 Å². The summed E-state index contributed by atoms with van der Waals surface area (Å²) in [7, 11) is 3.95. The fraction of sp³-hybridized carbons (Fsp3) is 0.500. The molecule has 0 aromatic heterocycles. The van der Waals surface area contributed by atoms with Crippen LogP contribution in [0.1, 0.15) is 48.0 Å². The zero-order valence-corrected chi connectivity index (χ0v) is 13.9. The van der Waals surface area contributed by atoms with E-state index in [0.717, 1.165) is 29.3 Å². The van der Waals surface area contributed by atoms with Crippen LogP contribution < -0.4 is 5.32 Å². The molecule has 0 radical (unpaired) electrons. The molecule has 0 unspecified atom stereocenters. The van der Waals surface area contributed by atoms with Crippen molar-refractivity contribution in [2.75, 3.05) is 11.1 Å². The highest BCUT2D eigenvalue weighted by Crippen LogP contribution is 2.39. The van der Waals surface area contributed by atoms with Gasteiger partial charge in [-0.25, -0.2) is 4.79 Å². The molecule has 4 nitrogen and oxygen atoms in total. The molecular formula is C16H19NO3S2. The molecule has 0 aliphatic carbocycles. The quantitative estimate of drug-likeness (QED) is 0.483. The van der Waals surface area contributed by atoms with E-state index < -0.39 is 0 Å². The third-order valence-electron chi connectivity index (χ3n) is 3.87. The second-order valence-electron chi connectivity index (χ2n) is 5.57. The van der Waals surface area contributed by atoms with Crippen LogP contribution in [0.15, 0.2) is 18.2 Å². The van der Waals surface area contributed by atoms with Crippen LogP contribution in [0.4, 0.5) is 5.69 Å². The Hall–Kier alpha value is -1.14. The van der Waals surface area contributed by atoms with Gasteiger partial charge < -0.3 is 10.1 Å². The zero-order chi connectivity index (χ0) is 15.4. The standard InChI is InChI=1S/C16H19NO3S2/c18-15(4-2-1-3-13-7-8-21-22-13)17-12-5-6-14-11(9-12)10-20-16(14)19/h5-6,9,13H,1-4,7-8,10H2,(H,17,18)/t13-/m1/s1. The van der Waals surface area contributed by atoms with Gasteiger partial charge in [0.25, 0.3) is 0 Å². The summed E-state index contributed by atoms with van der Waals surface area (Å²) in [4.78, 5) is 23.3. The number of cyclic esters (lactones) is 1. The largest absolute Gasteiger partial charge is 0.457 e. The Morgan fingerprint density at radius 3 is 3.09 bits per heavy atom. The lowest BCUT2D eigenvalue weighted by Crippen LogP contribution is -2.11. The van der Waals surface area contributed by atoms with Crippen molar-refractivity contribution in [3.05, 3.63) is 29.3 Å². The molecule has 6 heteroatoms. The summed E-state index contributed by atoms with van der Waals surface area (Å²) < 4.78 is 4.96. The van der Waals surface area contributed by atoms with Gasteiger partial charge >= 0.3 is 5.97 Å². The second-order valence-corrected chi connectivity index (χ2v) is 8.36. The Balaban J connectivity index is 1.41. The molecule has 1 atom stereocenters. The third kappa shape index (κ3) is 3.98. The topological polar surface area (TPSA) is 55.4 Å². The molecule has 1 amide bonds. The Morgan fingerprint density at radius 2 is 2.27 bits per heavy atom. The van der Waals surface area contributed by atoms with Gasteiger partial charge in [0.1, 0.15) is 6.61 Å². The van der Waals surface area contributed by atoms with Crippen molar-refractivity contribution < 1.29 is 14.3 Å². The summed E-state index contributed by atoms with van der Waals surface area (Å²) in [6, 6.07) is 5.30. The molecular weight excluding hydrogens is 318 g/mol. The number of amides is 1. The fourth-order valence-electron chi connectivity index (χ4n) is 2.66. The number of carbonyl (C=O) groups is 2. The first-order valence-corrected chi connectivity index (χ1v) is 9.99. The maximum Gasteiger partial charge on any atom is 0.338 e. The average Bonchev–Trinajstić information content (AvgIpc) is 3.14. The molecule has 1 saturated heterocycles. The van der Waals surface area contributed by atoms with E-state index >= 15 is 0 Å². The summed E-state index contributed by atoms with van der Waals surface area (Å²) >= 11 is 0. The van der Waals surface area contributed by atoms with Crippen molar-refractivity contribution in [2.45, 2.75) is 44.0 Å². The molecule has 2 aliphatic rings. The van der Waals surface area contributed by atoms with Crippen LogP contribution in [0.3, 0.4) is 0 Å². The van der Waals surface area contributed by atoms with Crippen LogP contribution in [0.25, 0.3) is 0 Å². The fourth-order valence-corrected chi connectivity index (χ4v) is 5.68. The van der Waals surface area contributed by atoms with E-state index in [-0.39, 0.29) is 11.9 Å². The maximum atomic E-state index is 12.0. The van der Waals surface area contributed by atoms with Crippen molar-refractivity contribution in [3.63, 3.8) is 0 Å². The first-order valence-electron chi connectivity index (χ1n) is 7.60. The summed E-state index contributed by atoms with van der Waals surface area (Å²) in [5, 5.41) is 3.68. The number of fused-ring (bicyclic) bond motifs is 1. The normalized spacial score (nSPS) is 19.8. The van der Waals surface area contributed by atoms with E-state index in [0.29, 0.717) is 18.6 Å². The van der Waals surface area contributed by atoms with Gasteiger partial charge in [-0.15, -0.1) is 0 Å². The Labute approximate surface area is 138 Å². The molecule has 3 rings (SSSR count). The van der Waals surface area contributed by atoms with Crippen molar-refractivity contribution in [3.8, 4) is 0 Å². The molecule has 0 bridgehead atoms. The van der Waals surface area contributed by atoms with Crippen LogP contribution in [0, 0.1) is 0 Å². The molecule has 118 valence electrons. The number of benzene rings is 1. The van der Waals surface area contributed by atoms with Gasteiger partial charge in [-0.2, -0.15) is 0 Å².